The highest BCUT2D eigenvalue weighted by Gasteiger charge is 2.54. The Balaban J connectivity index is 1.56. The maximum absolute atomic E-state index is 13.4. The van der Waals surface area contributed by atoms with E-state index in [4.69, 9.17) is 21.8 Å². The number of anilines is 1. The Kier molecular flexibility index (Phi) is 4.30. The predicted molar refractivity (Wildman–Crippen MR) is 112 cm³/mol. The van der Waals surface area contributed by atoms with Gasteiger partial charge in [0.05, 0.1) is 23.6 Å². The molecule has 3 heterocycles. The van der Waals surface area contributed by atoms with Crippen LogP contribution in [0.3, 0.4) is 0 Å². The summed E-state index contributed by atoms with van der Waals surface area (Å²) in [5, 5.41) is 12.8. The molecule has 1 saturated heterocycles. The van der Waals surface area contributed by atoms with Crippen LogP contribution in [0.2, 0.25) is 5.02 Å². The highest BCUT2D eigenvalue weighted by Crippen LogP contribution is 2.44. The van der Waals surface area contributed by atoms with E-state index in [-0.39, 0.29) is 5.91 Å². The third-order valence-corrected chi connectivity index (χ3v) is 6.21. The number of nitrogens with one attached hydrogen (secondary N) is 1. The molecule has 1 N–H and O–H groups in total. The molecule has 0 bridgehead atoms. The lowest BCUT2D eigenvalue weighted by atomic mass is 9.76. The quantitative estimate of drug-likeness (QED) is 0.660. The van der Waals surface area contributed by atoms with E-state index in [1.165, 1.54) is 0 Å². The van der Waals surface area contributed by atoms with Crippen LogP contribution in [0.1, 0.15) is 24.2 Å². The van der Waals surface area contributed by atoms with Crippen LogP contribution in [0.5, 0.6) is 0 Å². The normalized spacial score (nSPS) is 16.8. The van der Waals surface area contributed by atoms with Crippen molar-refractivity contribution in [1.82, 2.24) is 14.9 Å². The minimum atomic E-state index is -0.447. The van der Waals surface area contributed by atoms with Crippen molar-refractivity contribution >= 4 is 34.2 Å². The minimum Gasteiger partial charge on any atom is -0.326 e. The smallest absolute Gasteiger partial charge is 0.240 e. The molecular weight excluding hydrogens is 386 g/mol. The van der Waals surface area contributed by atoms with Gasteiger partial charge in [-0.2, -0.15) is 5.26 Å². The monoisotopic (exact) mass is 405 g/mol. The minimum absolute atomic E-state index is 0.131. The second kappa shape index (κ2) is 6.87. The van der Waals surface area contributed by atoms with Gasteiger partial charge in [-0.3, -0.25) is 4.79 Å². The highest BCUT2D eigenvalue weighted by atomic mass is 35.5. The number of nitrogens with zero attached hydrogens (tertiary/aromatic N) is 4. The van der Waals surface area contributed by atoms with Gasteiger partial charge >= 0.3 is 0 Å². The van der Waals surface area contributed by atoms with Gasteiger partial charge < -0.3 is 14.8 Å². The molecule has 7 heteroatoms. The molecule has 29 heavy (non-hydrogen) atoms. The van der Waals surface area contributed by atoms with Gasteiger partial charge in [0.15, 0.2) is 0 Å². The lowest BCUT2D eigenvalue weighted by Gasteiger charge is -2.38. The zero-order valence-electron chi connectivity index (χ0n) is 15.9. The number of fused-ring (bicyclic) bond motifs is 3. The Hall–Kier alpha value is -2.88. The van der Waals surface area contributed by atoms with E-state index < -0.39 is 5.41 Å². The van der Waals surface area contributed by atoms with E-state index in [9.17, 15) is 4.79 Å². The maximum Gasteiger partial charge on any atom is 0.240 e. The molecule has 2 aromatic carbocycles. The fourth-order valence-corrected chi connectivity index (χ4v) is 4.62. The third kappa shape index (κ3) is 2.73. The average molecular weight is 406 g/mol. The lowest BCUT2D eigenvalue weighted by Crippen LogP contribution is -2.61. The van der Waals surface area contributed by atoms with Gasteiger partial charge in [-0.05, 0) is 36.2 Å². The fraction of sp³-hybridized carbons (Fsp3) is 0.318. The van der Waals surface area contributed by atoms with Gasteiger partial charge in [0.2, 0.25) is 5.91 Å². The first-order valence-corrected chi connectivity index (χ1v) is 10.2. The molecule has 0 saturated carbocycles. The van der Waals surface area contributed by atoms with Crippen LogP contribution in [-0.2, 0) is 23.3 Å². The standard InChI is InChI=1S/C22H20ClN5O/c23-15-7-8-19-17(11-15)26-20(27(19)10-4-3-9-24)12-28-18-6-2-1-5-16(18)22(21(28)29)13-25-14-22/h1-2,5-8,11,25H,3-4,10,12-14H2. The number of carbonyl (C=O) groups excluding carboxylic acids is 1. The summed E-state index contributed by atoms with van der Waals surface area (Å²) in [6.45, 7) is 2.43. The van der Waals surface area contributed by atoms with Crippen molar-refractivity contribution in [2.75, 3.05) is 18.0 Å². The van der Waals surface area contributed by atoms with Crippen LogP contribution in [0, 0.1) is 11.3 Å². The molecule has 0 unspecified atom stereocenters. The number of halogens is 1. The van der Waals surface area contributed by atoms with Gasteiger partial charge in [0.1, 0.15) is 11.2 Å². The van der Waals surface area contributed by atoms with E-state index in [0.717, 1.165) is 34.5 Å². The largest absolute Gasteiger partial charge is 0.326 e. The molecule has 1 fully saturated rings. The van der Waals surface area contributed by atoms with Crippen LogP contribution in [0.4, 0.5) is 5.69 Å². The number of amides is 1. The number of benzene rings is 2. The Morgan fingerprint density at radius 1 is 1.24 bits per heavy atom. The molecule has 2 aliphatic rings. The zero-order valence-corrected chi connectivity index (χ0v) is 16.6. The summed E-state index contributed by atoms with van der Waals surface area (Å²) in [6.07, 6.45) is 1.21. The summed E-state index contributed by atoms with van der Waals surface area (Å²) in [5.74, 6) is 0.943. The summed E-state index contributed by atoms with van der Waals surface area (Å²) < 4.78 is 2.11. The molecule has 1 spiro atoms. The van der Waals surface area contributed by atoms with E-state index in [0.29, 0.717) is 37.6 Å². The van der Waals surface area contributed by atoms with E-state index in [1.807, 2.05) is 41.3 Å². The van der Waals surface area contributed by atoms with Crippen LogP contribution < -0.4 is 10.2 Å². The topological polar surface area (TPSA) is 74.0 Å². The third-order valence-electron chi connectivity index (χ3n) is 5.98. The van der Waals surface area contributed by atoms with Gasteiger partial charge in [0, 0.05) is 36.8 Å². The number of aryl methyl sites for hydroxylation is 1. The maximum atomic E-state index is 13.4. The number of para-hydroxylation sites is 1. The summed E-state index contributed by atoms with van der Waals surface area (Å²) in [6, 6.07) is 15.9. The first-order valence-electron chi connectivity index (χ1n) is 9.78. The molecular formula is C22H20ClN5O. The van der Waals surface area contributed by atoms with E-state index >= 15 is 0 Å². The molecule has 0 radical (unpaired) electrons. The fourth-order valence-electron chi connectivity index (χ4n) is 4.45. The highest BCUT2D eigenvalue weighted by molar-refractivity contribution is 6.31. The summed E-state index contributed by atoms with van der Waals surface area (Å²) >= 11 is 6.17. The number of aromatic nitrogens is 2. The van der Waals surface area contributed by atoms with Gasteiger partial charge in [-0.15, -0.1) is 0 Å². The zero-order chi connectivity index (χ0) is 20.0. The molecule has 146 valence electrons. The average Bonchev–Trinajstić information content (AvgIpc) is 3.14. The van der Waals surface area contributed by atoms with Gasteiger partial charge in [-0.25, -0.2) is 4.98 Å². The van der Waals surface area contributed by atoms with Gasteiger partial charge in [0.25, 0.3) is 0 Å². The van der Waals surface area contributed by atoms with Crippen molar-refractivity contribution in [2.24, 2.45) is 0 Å². The van der Waals surface area contributed by atoms with Crippen molar-refractivity contribution < 1.29 is 4.79 Å². The number of imidazole rings is 1. The van der Waals surface area contributed by atoms with Crippen molar-refractivity contribution in [3.05, 3.63) is 58.9 Å². The number of hydrogen-bond acceptors (Lipinski definition) is 4. The molecule has 3 aromatic rings. The number of carbonyl (C=O) groups is 1. The number of rotatable bonds is 5. The Bertz CT molecular complexity index is 1160. The van der Waals surface area contributed by atoms with Crippen LogP contribution in [0.25, 0.3) is 11.0 Å². The summed E-state index contributed by atoms with van der Waals surface area (Å²) in [7, 11) is 0. The van der Waals surface area contributed by atoms with Crippen LogP contribution >= 0.6 is 11.6 Å². The van der Waals surface area contributed by atoms with E-state index in [2.05, 4.69) is 22.0 Å². The van der Waals surface area contributed by atoms with Crippen molar-refractivity contribution in [2.45, 2.75) is 31.3 Å². The Labute approximate surface area is 173 Å². The second-order valence-electron chi connectivity index (χ2n) is 7.67. The molecule has 0 aliphatic carbocycles. The molecule has 1 amide bonds. The van der Waals surface area contributed by atoms with Crippen molar-refractivity contribution in [3.8, 4) is 6.07 Å². The predicted octanol–water partition coefficient (Wildman–Crippen LogP) is 3.38. The summed E-state index contributed by atoms with van der Waals surface area (Å²) in [5.41, 5.74) is 3.40. The Morgan fingerprint density at radius 2 is 2.07 bits per heavy atom. The number of hydrogen-bond donors (Lipinski definition) is 1. The second-order valence-corrected chi connectivity index (χ2v) is 8.10. The molecule has 5 rings (SSSR count). The summed E-state index contributed by atoms with van der Waals surface area (Å²) in [4.78, 5) is 20.1. The first-order chi connectivity index (χ1) is 14.1. The molecule has 0 atom stereocenters. The lowest BCUT2D eigenvalue weighted by molar-refractivity contribution is -0.125. The molecule has 6 nitrogen and oxygen atoms in total. The van der Waals surface area contributed by atoms with Crippen molar-refractivity contribution in [3.63, 3.8) is 0 Å². The Morgan fingerprint density at radius 3 is 2.83 bits per heavy atom. The number of unbranched alkanes of at least 4 members (excludes halogenated alkanes) is 1. The van der Waals surface area contributed by atoms with Crippen LogP contribution in [0.15, 0.2) is 42.5 Å². The first kappa shape index (κ1) is 18.2. The SMILES string of the molecule is N#CCCCn1c(CN2C(=O)C3(CNC3)c3ccccc32)nc2cc(Cl)ccc21. The van der Waals surface area contributed by atoms with Crippen LogP contribution in [-0.4, -0.2) is 28.5 Å². The van der Waals surface area contributed by atoms with E-state index in [1.54, 1.807) is 0 Å². The van der Waals surface area contributed by atoms with Gasteiger partial charge in [-0.1, -0.05) is 29.8 Å². The number of nitriles is 1. The van der Waals surface area contributed by atoms with Crippen molar-refractivity contribution in [1.29, 1.82) is 5.26 Å². The molecule has 1 aromatic heterocycles. The molecule has 2 aliphatic heterocycles.